The van der Waals surface area contributed by atoms with Crippen LogP contribution in [-0.4, -0.2) is 44.9 Å². The van der Waals surface area contributed by atoms with Crippen molar-refractivity contribution in [3.8, 4) is 5.75 Å². The molecule has 0 saturated carbocycles. The third kappa shape index (κ3) is 4.20. The van der Waals surface area contributed by atoms with Crippen LogP contribution in [0.25, 0.3) is 0 Å². The van der Waals surface area contributed by atoms with Gasteiger partial charge >= 0.3 is 0 Å². The summed E-state index contributed by atoms with van der Waals surface area (Å²) in [7, 11) is -2.26. The second kappa shape index (κ2) is 8.45. The minimum absolute atomic E-state index is 0.0172. The zero-order valence-corrected chi connectivity index (χ0v) is 19.4. The number of anilines is 1. The molecule has 0 fully saturated rings. The number of carbonyl (C=O) groups excluding carboxylic acids is 1. The van der Waals surface area contributed by atoms with Gasteiger partial charge in [-0.1, -0.05) is 22.9 Å². The molecule has 0 unspecified atom stereocenters. The van der Waals surface area contributed by atoms with Crippen LogP contribution >= 0.6 is 15.9 Å². The van der Waals surface area contributed by atoms with Crippen molar-refractivity contribution in [2.45, 2.75) is 38.1 Å². The van der Waals surface area contributed by atoms with Crippen LogP contribution in [0.4, 0.5) is 5.69 Å². The Bertz CT molecular complexity index is 1040. The summed E-state index contributed by atoms with van der Waals surface area (Å²) in [4.78, 5) is 15.0. The number of fused-ring (bicyclic) bond motifs is 1. The van der Waals surface area contributed by atoms with Crippen molar-refractivity contribution < 1.29 is 17.9 Å². The van der Waals surface area contributed by atoms with E-state index in [9.17, 15) is 13.2 Å². The minimum Gasteiger partial charge on any atom is -0.496 e. The van der Waals surface area contributed by atoms with Crippen LogP contribution in [0.1, 0.15) is 25.0 Å². The number of methoxy groups -OCH3 is 1. The SMILES string of the molecule is CCN(CC(=O)N1c2ccc(Br)cc2C[C@@H]1C)S(=O)(=O)c1ccc(OC)c(C)c1. The third-order valence-electron chi connectivity index (χ3n) is 5.19. The molecule has 156 valence electrons. The first-order chi connectivity index (χ1) is 13.7. The van der Waals surface area contributed by atoms with Gasteiger partial charge in [0.05, 0.1) is 18.6 Å². The fourth-order valence-electron chi connectivity index (χ4n) is 3.73. The molecule has 1 amide bonds. The van der Waals surface area contributed by atoms with Crippen molar-refractivity contribution in [1.82, 2.24) is 4.31 Å². The summed E-state index contributed by atoms with van der Waals surface area (Å²) >= 11 is 3.46. The predicted octanol–water partition coefficient (Wildman–Crippen LogP) is 3.75. The van der Waals surface area contributed by atoms with Gasteiger partial charge < -0.3 is 9.64 Å². The first-order valence-electron chi connectivity index (χ1n) is 9.44. The van der Waals surface area contributed by atoms with Crippen LogP contribution < -0.4 is 9.64 Å². The minimum atomic E-state index is -3.80. The lowest BCUT2D eigenvalue weighted by Gasteiger charge is -2.27. The number of hydrogen-bond acceptors (Lipinski definition) is 4. The zero-order valence-electron chi connectivity index (χ0n) is 17.0. The van der Waals surface area contributed by atoms with E-state index in [1.165, 1.54) is 10.4 Å². The van der Waals surface area contributed by atoms with Gasteiger partial charge in [-0.05, 0) is 67.8 Å². The number of halogens is 1. The Morgan fingerprint density at radius 3 is 2.62 bits per heavy atom. The van der Waals surface area contributed by atoms with E-state index in [2.05, 4.69) is 15.9 Å². The lowest BCUT2D eigenvalue weighted by atomic mass is 10.1. The lowest BCUT2D eigenvalue weighted by molar-refractivity contribution is -0.119. The topological polar surface area (TPSA) is 66.9 Å². The molecule has 0 aliphatic carbocycles. The number of sulfonamides is 1. The monoisotopic (exact) mass is 480 g/mol. The molecule has 2 aromatic carbocycles. The summed E-state index contributed by atoms with van der Waals surface area (Å²) in [6.07, 6.45) is 0.747. The number of hydrogen-bond donors (Lipinski definition) is 0. The number of rotatable bonds is 6. The maximum absolute atomic E-state index is 13.1. The molecule has 1 heterocycles. The van der Waals surface area contributed by atoms with Crippen molar-refractivity contribution in [2.75, 3.05) is 25.1 Å². The summed E-state index contributed by atoms with van der Waals surface area (Å²) in [6, 6.07) is 10.5. The first-order valence-corrected chi connectivity index (χ1v) is 11.7. The highest BCUT2D eigenvalue weighted by molar-refractivity contribution is 9.10. The van der Waals surface area contributed by atoms with Gasteiger partial charge in [0, 0.05) is 22.7 Å². The molecule has 6 nitrogen and oxygen atoms in total. The molecule has 8 heteroatoms. The molecule has 0 bridgehead atoms. The van der Waals surface area contributed by atoms with E-state index in [0.29, 0.717) is 5.75 Å². The van der Waals surface area contributed by atoms with Crippen LogP contribution in [0.2, 0.25) is 0 Å². The predicted molar refractivity (Wildman–Crippen MR) is 117 cm³/mol. The van der Waals surface area contributed by atoms with Crippen LogP contribution in [0, 0.1) is 6.92 Å². The molecule has 0 radical (unpaired) electrons. The Morgan fingerprint density at radius 2 is 2.00 bits per heavy atom. The molecule has 29 heavy (non-hydrogen) atoms. The average molecular weight is 481 g/mol. The second-order valence-corrected chi connectivity index (χ2v) is 10.0. The molecule has 0 saturated heterocycles. The number of likely N-dealkylation sites (N-methyl/N-ethyl adjacent to an activating group) is 1. The maximum atomic E-state index is 13.1. The fourth-order valence-corrected chi connectivity index (χ4v) is 5.63. The second-order valence-electron chi connectivity index (χ2n) is 7.15. The summed E-state index contributed by atoms with van der Waals surface area (Å²) in [6.45, 7) is 5.50. The number of ether oxygens (including phenoxy) is 1. The number of aryl methyl sites for hydroxylation is 1. The van der Waals surface area contributed by atoms with Gasteiger partial charge in [-0.2, -0.15) is 4.31 Å². The molecule has 1 aliphatic heterocycles. The summed E-state index contributed by atoms with van der Waals surface area (Å²) in [5.74, 6) is 0.394. The van der Waals surface area contributed by atoms with Crippen LogP contribution in [0.5, 0.6) is 5.75 Å². The van der Waals surface area contributed by atoms with Gasteiger partial charge in [0.1, 0.15) is 5.75 Å². The number of carbonyl (C=O) groups is 1. The first kappa shape index (κ1) is 21.8. The van der Waals surface area contributed by atoms with Crippen molar-refractivity contribution in [3.63, 3.8) is 0 Å². The molecule has 0 spiro atoms. The molecule has 0 aromatic heterocycles. The van der Waals surface area contributed by atoms with E-state index in [1.54, 1.807) is 38.0 Å². The summed E-state index contributed by atoms with van der Waals surface area (Å²) < 4.78 is 33.7. The Balaban J connectivity index is 1.86. The third-order valence-corrected chi connectivity index (χ3v) is 7.60. The molecule has 2 aromatic rings. The van der Waals surface area contributed by atoms with Gasteiger partial charge in [-0.3, -0.25) is 4.79 Å². The quantitative estimate of drug-likeness (QED) is 0.631. The highest BCUT2D eigenvalue weighted by atomic mass is 79.9. The highest BCUT2D eigenvalue weighted by Gasteiger charge is 2.34. The van der Waals surface area contributed by atoms with Gasteiger partial charge in [0.2, 0.25) is 15.9 Å². The molecule has 0 N–H and O–H groups in total. The Labute approximate surface area is 180 Å². The normalized spacial score (nSPS) is 16.2. The van der Waals surface area contributed by atoms with E-state index in [1.807, 2.05) is 25.1 Å². The van der Waals surface area contributed by atoms with Crippen LogP contribution in [0.15, 0.2) is 45.8 Å². The van der Waals surface area contributed by atoms with Gasteiger partial charge in [-0.15, -0.1) is 0 Å². The lowest BCUT2D eigenvalue weighted by Crippen LogP contribution is -2.45. The van der Waals surface area contributed by atoms with Crippen LogP contribution in [0.3, 0.4) is 0 Å². The molecular formula is C21H25BrN2O4S. The van der Waals surface area contributed by atoms with Crippen molar-refractivity contribution in [1.29, 1.82) is 0 Å². The smallest absolute Gasteiger partial charge is 0.243 e. The molecule has 3 rings (SSSR count). The van der Waals surface area contributed by atoms with E-state index in [0.717, 1.165) is 27.7 Å². The maximum Gasteiger partial charge on any atom is 0.243 e. The van der Waals surface area contributed by atoms with Crippen molar-refractivity contribution in [2.24, 2.45) is 0 Å². The summed E-state index contributed by atoms with van der Waals surface area (Å²) in [5, 5.41) is 0. The van der Waals surface area contributed by atoms with E-state index < -0.39 is 10.0 Å². The number of nitrogens with zero attached hydrogens (tertiary/aromatic N) is 2. The Morgan fingerprint density at radius 1 is 1.28 bits per heavy atom. The van der Waals surface area contributed by atoms with E-state index in [4.69, 9.17) is 4.74 Å². The number of amides is 1. The highest BCUT2D eigenvalue weighted by Crippen LogP contribution is 2.34. The zero-order chi connectivity index (χ0) is 21.3. The standard InChI is InChI=1S/C21H25BrN2O4S/c1-5-23(29(26,27)18-7-9-20(28-4)14(2)10-18)13-21(25)24-15(3)11-16-12-17(22)6-8-19(16)24/h6-10,12,15H,5,11,13H2,1-4H3/t15-/m0/s1. The van der Waals surface area contributed by atoms with Gasteiger partial charge in [-0.25, -0.2) is 8.42 Å². The Kier molecular flexibility index (Phi) is 6.36. The molecular weight excluding hydrogens is 456 g/mol. The average Bonchev–Trinajstić information content (AvgIpc) is 3.00. The van der Waals surface area contributed by atoms with Crippen molar-refractivity contribution >= 4 is 37.5 Å². The fraction of sp³-hybridized carbons (Fsp3) is 0.381. The van der Waals surface area contributed by atoms with Gasteiger partial charge in [0.25, 0.3) is 0 Å². The van der Waals surface area contributed by atoms with E-state index in [-0.39, 0.29) is 29.9 Å². The molecule has 1 atom stereocenters. The van der Waals surface area contributed by atoms with E-state index >= 15 is 0 Å². The summed E-state index contributed by atoms with van der Waals surface area (Å²) in [5.41, 5.74) is 2.65. The largest absolute Gasteiger partial charge is 0.496 e. The Hall–Kier alpha value is -1.90. The number of benzene rings is 2. The molecule has 1 aliphatic rings. The van der Waals surface area contributed by atoms with Crippen LogP contribution in [-0.2, 0) is 21.2 Å². The van der Waals surface area contributed by atoms with Gasteiger partial charge in [0.15, 0.2) is 0 Å². The van der Waals surface area contributed by atoms with Crippen molar-refractivity contribution in [3.05, 3.63) is 52.0 Å².